The Bertz CT molecular complexity index is 641. The Morgan fingerprint density at radius 1 is 0.952 bits per heavy atom. The molecule has 0 fully saturated rings. The molecule has 2 rings (SSSR count). The number of nitrogens with zero attached hydrogens (tertiary/aromatic N) is 1. The van der Waals surface area contributed by atoms with E-state index in [1.165, 1.54) is 5.56 Å². The van der Waals surface area contributed by atoms with Crippen molar-refractivity contribution in [1.29, 1.82) is 0 Å². The fourth-order valence-electron chi connectivity index (χ4n) is 1.82. The van der Waals surface area contributed by atoms with Crippen molar-refractivity contribution in [1.82, 2.24) is 0 Å². The summed E-state index contributed by atoms with van der Waals surface area (Å²) < 4.78 is 0. The van der Waals surface area contributed by atoms with E-state index in [4.69, 9.17) is 23.2 Å². The minimum Gasteiger partial charge on any atom is -0.278 e. The average Bonchev–Trinajstić information content (AvgIpc) is 2.42. The van der Waals surface area contributed by atoms with Crippen molar-refractivity contribution >= 4 is 35.1 Å². The highest BCUT2D eigenvalue weighted by Crippen LogP contribution is 2.25. The monoisotopic (exact) mass is 320 g/mol. The Labute approximate surface area is 135 Å². The van der Waals surface area contributed by atoms with E-state index in [1.807, 2.05) is 6.07 Å². The second-order valence-corrected chi connectivity index (χ2v) is 6.69. The van der Waals surface area contributed by atoms with Gasteiger partial charge in [0.15, 0.2) is 0 Å². The first-order chi connectivity index (χ1) is 9.86. The summed E-state index contributed by atoms with van der Waals surface area (Å²) >= 11 is 11.8. The zero-order valence-electron chi connectivity index (χ0n) is 12.3. The lowest BCUT2D eigenvalue weighted by molar-refractivity contribution is 0.590. The Morgan fingerprint density at radius 3 is 2.19 bits per heavy atom. The molecule has 4 heteroatoms. The molecule has 0 amide bonds. The van der Waals surface area contributed by atoms with Crippen LogP contribution >= 0.6 is 23.2 Å². The smallest absolute Gasteiger partial charge is 0.0613 e. The van der Waals surface area contributed by atoms with Crippen LogP contribution in [0.25, 0.3) is 0 Å². The summed E-state index contributed by atoms with van der Waals surface area (Å²) in [6, 6.07) is 13.7. The standard InChI is InChI=1S/C17H18Cl2N2/c1-17(2,3)13-6-4-12(5-7-13)11-20-21-14-8-9-15(18)16(19)10-14/h4-11,21H,1-3H3. The zero-order valence-corrected chi connectivity index (χ0v) is 13.8. The van der Waals surface area contributed by atoms with Gasteiger partial charge in [0.1, 0.15) is 0 Å². The lowest BCUT2D eigenvalue weighted by Crippen LogP contribution is -2.10. The summed E-state index contributed by atoms with van der Waals surface area (Å²) in [6.07, 6.45) is 1.77. The molecule has 0 saturated heterocycles. The van der Waals surface area contributed by atoms with Crippen molar-refractivity contribution in [3.8, 4) is 0 Å². The van der Waals surface area contributed by atoms with Gasteiger partial charge in [0.05, 0.1) is 21.9 Å². The Kier molecular flexibility index (Phi) is 4.92. The van der Waals surface area contributed by atoms with E-state index in [1.54, 1.807) is 18.3 Å². The predicted molar refractivity (Wildman–Crippen MR) is 92.8 cm³/mol. The van der Waals surface area contributed by atoms with Gasteiger partial charge in [-0.1, -0.05) is 68.2 Å². The van der Waals surface area contributed by atoms with Gasteiger partial charge >= 0.3 is 0 Å². The fourth-order valence-corrected chi connectivity index (χ4v) is 2.11. The minimum absolute atomic E-state index is 0.161. The average molecular weight is 321 g/mol. The molecule has 0 saturated carbocycles. The Morgan fingerprint density at radius 2 is 1.62 bits per heavy atom. The molecule has 2 aromatic carbocycles. The summed E-state index contributed by atoms with van der Waals surface area (Å²) in [4.78, 5) is 0. The van der Waals surface area contributed by atoms with Crippen molar-refractivity contribution < 1.29 is 0 Å². The van der Waals surface area contributed by atoms with Crippen LogP contribution in [0.4, 0.5) is 5.69 Å². The molecular formula is C17H18Cl2N2. The first kappa shape index (κ1) is 15.9. The number of halogens is 2. The molecule has 0 spiro atoms. The van der Waals surface area contributed by atoms with Gasteiger partial charge < -0.3 is 0 Å². The predicted octanol–water partition coefficient (Wildman–Crippen LogP) is 5.74. The number of hydrogen-bond donors (Lipinski definition) is 1. The molecule has 0 atom stereocenters. The largest absolute Gasteiger partial charge is 0.278 e. The highest BCUT2D eigenvalue weighted by Gasteiger charge is 2.12. The van der Waals surface area contributed by atoms with E-state index in [9.17, 15) is 0 Å². The van der Waals surface area contributed by atoms with Crippen LogP contribution in [-0.4, -0.2) is 6.21 Å². The molecular weight excluding hydrogens is 303 g/mol. The Hall–Kier alpha value is -1.51. The molecule has 0 heterocycles. The molecule has 0 aromatic heterocycles. The van der Waals surface area contributed by atoms with Crippen molar-refractivity contribution in [3.05, 3.63) is 63.6 Å². The maximum atomic E-state index is 5.95. The number of hydrogen-bond acceptors (Lipinski definition) is 2. The zero-order chi connectivity index (χ0) is 15.5. The minimum atomic E-state index is 0.161. The highest BCUT2D eigenvalue weighted by molar-refractivity contribution is 6.42. The molecule has 0 aliphatic heterocycles. The van der Waals surface area contributed by atoms with Crippen LogP contribution in [0.3, 0.4) is 0 Å². The summed E-state index contributed by atoms with van der Waals surface area (Å²) in [6.45, 7) is 6.59. The molecule has 21 heavy (non-hydrogen) atoms. The topological polar surface area (TPSA) is 24.4 Å². The van der Waals surface area contributed by atoms with Gasteiger partial charge in [-0.3, -0.25) is 5.43 Å². The second kappa shape index (κ2) is 6.50. The summed E-state index contributed by atoms with van der Waals surface area (Å²) in [5.74, 6) is 0. The molecule has 1 N–H and O–H groups in total. The molecule has 2 aromatic rings. The third kappa shape index (κ3) is 4.48. The van der Waals surface area contributed by atoms with Gasteiger partial charge in [0.2, 0.25) is 0 Å². The van der Waals surface area contributed by atoms with Crippen LogP contribution < -0.4 is 5.43 Å². The van der Waals surface area contributed by atoms with E-state index >= 15 is 0 Å². The molecule has 0 aliphatic carbocycles. The van der Waals surface area contributed by atoms with Crippen LogP contribution in [0.15, 0.2) is 47.6 Å². The van der Waals surface area contributed by atoms with Crippen LogP contribution in [0.5, 0.6) is 0 Å². The van der Waals surface area contributed by atoms with Crippen molar-refractivity contribution in [2.24, 2.45) is 5.10 Å². The third-order valence-electron chi connectivity index (χ3n) is 3.10. The first-order valence-corrected chi connectivity index (χ1v) is 7.46. The normalized spacial score (nSPS) is 11.9. The first-order valence-electron chi connectivity index (χ1n) is 6.71. The maximum absolute atomic E-state index is 5.95. The van der Waals surface area contributed by atoms with Crippen molar-refractivity contribution in [2.45, 2.75) is 26.2 Å². The van der Waals surface area contributed by atoms with E-state index in [2.05, 4.69) is 55.6 Å². The summed E-state index contributed by atoms with van der Waals surface area (Å²) in [5.41, 5.74) is 6.23. The van der Waals surface area contributed by atoms with Gasteiger partial charge in [-0.15, -0.1) is 0 Å². The fraction of sp³-hybridized carbons (Fsp3) is 0.235. The summed E-state index contributed by atoms with van der Waals surface area (Å²) in [5, 5.41) is 5.24. The SMILES string of the molecule is CC(C)(C)c1ccc(C=NNc2ccc(Cl)c(Cl)c2)cc1. The number of hydrazone groups is 1. The van der Waals surface area contributed by atoms with Crippen LogP contribution in [0.1, 0.15) is 31.9 Å². The molecule has 0 unspecified atom stereocenters. The van der Waals surface area contributed by atoms with E-state index in [-0.39, 0.29) is 5.41 Å². The van der Waals surface area contributed by atoms with E-state index in [0.29, 0.717) is 10.0 Å². The number of nitrogens with one attached hydrogen (secondary N) is 1. The third-order valence-corrected chi connectivity index (χ3v) is 3.84. The second-order valence-electron chi connectivity index (χ2n) is 5.87. The number of anilines is 1. The lowest BCUT2D eigenvalue weighted by atomic mass is 9.87. The molecule has 0 bridgehead atoms. The quantitative estimate of drug-likeness (QED) is 0.566. The van der Waals surface area contributed by atoms with Gasteiger partial charge in [0, 0.05) is 0 Å². The molecule has 2 nitrogen and oxygen atoms in total. The maximum Gasteiger partial charge on any atom is 0.0613 e. The van der Waals surface area contributed by atoms with Gasteiger partial charge in [-0.2, -0.15) is 5.10 Å². The lowest BCUT2D eigenvalue weighted by Gasteiger charge is -2.18. The van der Waals surface area contributed by atoms with Crippen LogP contribution in [0, 0.1) is 0 Å². The Balaban J connectivity index is 2.02. The van der Waals surface area contributed by atoms with Gasteiger partial charge in [-0.05, 0) is 34.7 Å². The molecule has 110 valence electrons. The van der Waals surface area contributed by atoms with Crippen LogP contribution in [-0.2, 0) is 5.41 Å². The summed E-state index contributed by atoms with van der Waals surface area (Å²) in [7, 11) is 0. The van der Waals surface area contributed by atoms with E-state index in [0.717, 1.165) is 11.3 Å². The van der Waals surface area contributed by atoms with Gasteiger partial charge in [-0.25, -0.2) is 0 Å². The van der Waals surface area contributed by atoms with Crippen molar-refractivity contribution in [3.63, 3.8) is 0 Å². The van der Waals surface area contributed by atoms with Crippen LogP contribution in [0.2, 0.25) is 10.0 Å². The molecule has 0 radical (unpaired) electrons. The molecule has 0 aliphatic rings. The number of rotatable bonds is 3. The highest BCUT2D eigenvalue weighted by atomic mass is 35.5. The number of benzene rings is 2. The van der Waals surface area contributed by atoms with Crippen molar-refractivity contribution in [2.75, 3.05) is 5.43 Å². The van der Waals surface area contributed by atoms with E-state index < -0.39 is 0 Å². The van der Waals surface area contributed by atoms with Gasteiger partial charge in [0.25, 0.3) is 0 Å².